The topological polar surface area (TPSA) is 66.5 Å². The largest absolute Gasteiger partial charge is 0.333 e. The van der Waals surface area contributed by atoms with Gasteiger partial charge in [-0.25, -0.2) is 8.42 Å². The molecule has 2 aromatic carbocycles. The third kappa shape index (κ3) is 4.57. The number of anilines is 1. The van der Waals surface area contributed by atoms with Crippen molar-refractivity contribution < 1.29 is 13.2 Å². The summed E-state index contributed by atoms with van der Waals surface area (Å²) in [6.45, 7) is 5.03. The Hall–Kier alpha value is -2.64. The average Bonchev–Trinajstić information content (AvgIpc) is 3.24. The number of nitrogens with one attached hydrogen (secondary N) is 1. The van der Waals surface area contributed by atoms with E-state index in [1.807, 2.05) is 66.6 Å². The lowest BCUT2D eigenvalue weighted by atomic mass is 9.99. The predicted octanol–water partition coefficient (Wildman–Crippen LogP) is 4.51. The van der Waals surface area contributed by atoms with Crippen LogP contribution >= 0.6 is 11.3 Å². The third-order valence-corrected chi connectivity index (χ3v) is 7.46. The molecule has 0 bridgehead atoms. The van der Waals surface area contributed by atoms with Crippen molar-refractivity contribution in [1.29, 1.82) is 0 Å². The van der Waals surface area contributed by atoms with Crippen molar-refractivity contribution in [3.05, 3.63) is 86.6 Å². The summed E-state index contributed by atoms with van der Waals surface area (Å²) in [6, 6.07) is 15.1. The van der Waals surface area contributed by atoms with Gasteiger partial charge in [-0.1, -0.05) is 35.9 Å². The summed E-state index contributed by atoms with van der Waals surface area (Å²) in [4.78, 5) is 15.2. The smallest absolute Gasteiger partial charge is 0.264 e. The van der Waals surface area contributed by atoms with Gasteiger partial charge in [0, 0.05) is 18.8 Å². The Balaban J connectivity index is 1.51. The molecule has 0 radical (unpaired) electrons. The molecule has 1 amide bonds. The first-order chi connectivity index (χ1) is 14.3. The van der Waals surface area contributed by atoms with E-state index in [2.05, 4.69) is 4.72 Å². The standard InChI is InChI=1S/C23H24N2O3S2/c1-16-5-6-17(2)20(12-16)15-30(27,28)24-21-8-7-18-9-10-25(14-19(18)13-21)23(26)22-4-3-11-29-22/h3-8,11-13,24H,9-10,14-15H2,1-2H3. The fourth-order valence-electron chi connectivity index (χ4n) is 3.73. The van der Waals surface area contributed by atoms with E-state index < -0.39 is 10.0 Å². The van der Waals surface area contributed by atoms with Gasteiger partial charge in [0.05, 0.1) is 10.6 Å². The van der Waals surface area contributed by atoms with E-state index in [-0.39, 0.29) is 11.7 Å². The van der Waals surface area contributed by atoms with E-state index in [1.165, 1.54) is 11.3 Å². The maximum Gasteiger partial charge on any atom is 0.264 e. The number of carbonyl (C=O) groups excluding carboxylic acids is 1. The fraction of sp³-hybridized carbons (Fsp3) is 0.261. The van der Waals surface area contributed by atoms with Gasteiger partial charge in [0.25, 0.3) is 5.91 Å². The first-order valence-corrected chi connectivity index (χ1v) is 12.4. The van der Waals surface area contributed by atoms with E-state index in [1.54, 1.807) is 6.07 Å². The Labute approximate surface area is 181 Å². The van der Waals surface area contributed by atoms with Gasteiger partial charge in [-0.2, -0.15) is 0 Å². The second-order valence-corrected chi connectivity index (χ2v) is 10.4. The molecule has 0 aliphatic carbocycles. The maximum absolute atomic E-state index is 12.8. The number of rotatable bonds is 5. The molecule has 0 saturated heterocycles. The van der Waals surface area contributed by atoms with Crippen molar-refractivity contribution in [1.82, 2.24) is 4.90 Å². The summed E-state index contributed by atoms with van der Waals surface area (Å²) in [7, 11) is -3.55. The van der Waals surface area contributed by atoms with E-state index >= 15 is 0 Å². The highest BCUT2D eigenvalue weighted by atomic mass is 32.2. The zero-order valence-corrected chi connectivity index (χ0v) is 18.6. The van der Waals surface area contributed by atoms with Crippen LogP contribution in [0.3, 0.4) is 0 Å². The van der Waals surface area contributed by atoms with Crippen molar-refractivity contribution in [3.63, 3.8) is 0 Å². The summed E-state index contributed by atoms with van der Waals surface area (Å²) >= 11 is 1.44. The Morgan fingerprint density at radius 3 is 2.70 bits per heavy atom. The van der Waals surface area contributed by atoms with Crippen LogP contribution in [0.25, 0.3) is 0 Å². The summed E-state index contributed by atoms with van der Waals surface area (Å²) < 4.78 is 28.2. The van der Waals surface area contributed by atoms with Gasteiger partial charge in [-0.3, -0.25) is 9.52 Å². The summed E-state index contributed by atoms with van der Waals surface area (Å²) in [5.74, 6) is -0.0443. The van der Waals surface area contributed by atoms with E-state index in [0.29, 0.717) is 18.8 Å². The highest BCUT2D eigenvalue weighted by Gasteiger charge is 2.23. The number of hydrogen-bond acceptors (Lipinski definition) is 4. The van der Waals surface area contributed by atoms with Gasteiger partial charge in [0.2, 0.25) is 10.0 Å². The SMILES string of the molecule is Cc1ccc(C)c(CS(=O)(=O)Nc2ccc3c(c2)CN(C(=O)c2cccs2)CC3)c1. The van der Waals surface area contributed by atoms with Crippen molar-refractivity contribution >= 4 is 33.0 Å². The van der Waals surface area contributed by atoms with E-state index in [4.69, 9.17) is 0 Å². The molecule has 4 rings (SSSR count). The normalized spacial score (nSPS) is 13.7. The molecule has 1 aromatic heterocycles. The quantitative estimate of drug-likeness (QED) is 0.635. The lowest BCUT2D eigenvalue weighted by molar-refractivity contribution is 0.0739. The molecule has 1 N–H and O–H groups in total. The van der Waals surface area contributed by atoms with Crippen molar-refractivity contribution in [2.45, 2.75) is 32.6 Å². The van der Waals surface area contributed by atoms with Crippen LogP contribution in [0.4, 0.5) is 5.69 Å². The molecule has 3 aromatic rings. The van der Waals surface area contributed by atoms with Crippen LogP contribution < -0.4 is 4.72 Å². The minimum Gasteiger partial charge on any atom is -0.333 e. The molecule has 0 fully saturated rings. The number of carbonyl (C=O) groups is 1. The predicted molar refractivity (Wildman–Crippen MR) is 121 cm³/mol. The average molecular weight is 441 g/mol. The first kappa shape index (κ1) is 20.6. The molecule has 1 aliphatic heterocycles. The van der Waals surface area contributed by atoms with Crippen LogP contribution in [0.2, 0.25) is 0 Å². The Bertz CT molecular complexity index is 1190. The van der Waals surface area contributed by atoms with Crippen LogP contribution in [0.1, 0.15) is 37.5 Å². The molecule has 30 heavy (non-hydrogen) atoms. The molecule has 7 heteroatoms. The summed E-state index contributed by atoms with van der Waals surface area (Å²) in [5, 5.41) is 1.90. The lowest BCUT2D eigenvalue weighted by Gasteiger charge is -2.29. The maximum atomic E-state index is 12.8. The number of amides is 1. The van der Waals surface area contributed by atoms with E-state index in [0.717, 1.165) is 39.1 Å². The zero-order chi connectivity index (χ0) is 21.3. The number of sulfonamides is 1. The van der Waals surface area contributed by atoms with Crippen LogP contribution in [0, 0.1) is 13.8 Å². The highest BCUT2D eigenvalue weighted by Crippen LogP contribution is 2.26. The lowest BCUT2D eigenvalue weighted by Crippen LogP contribution is -2.35. The number of hydrogen-bond donors (Lipinski definition) is 1. The molecular weight excluding hydrogens is 416 g/mol. The van der Waals surface area contributed by atoms with Gasteiger partial charge in [0.1, 0.15) is 0 Å². The van der Waals surface area contributed by atoms with Crippen LogP contribution in [0.5, 0.6) is 0 Å². The number of fused-ring (bicyclic) bond motifs is 1. The number of thiophene rings is 1. The van der Waals surface area contributed by atoms with Gasteiger partial charge < -0.3 is 4.90 Å². The van der Waals surface area contributed by atoms with Gasteiger partial charge in [-0.05, 0) is 66.1 Å². The zero-order valence-electron chi connectivity index (χ0n) is 17.0. The molecular formula is C23H24N2O3S2. The second kappa shape index (κ2) is 8.24. The fourth-order valence-corrected chi connectivity index (χ4v) is 5.70. The monoisotopic (exact) mass is 440 g/mol. The van der Waals surface area contributed by atoms with Crippen LogP contribution in [0.15, 0.2) is 53.9 Å². The molecule has 0 atom stereocenters. The molecule has 5 nitrogen and oxygen atoms in total. The summed E-state index contributed by atoms with van der Waals surface area (Å²) in [6.07, 6.45) is 0.766. The molecule has 0 spiro atoms. The van der Waals surface area contributed by atoms with Gasteiger partial charge >= 0.3 is 0 Å². The molecule has 156 valence electrons. The molecule has 0 saturated carbocycles. The summed E-state index contributed by atoms with van der Waals surface area (Å²) in [5.41, 5.74) is 5.47. The number of benzene rings is 2. The molecule has 1 aliphatic rings. The minimum atomic E-state index is -3.55. The molecule has 2 heterocycles. The second-order valence-electron chi connectivity index (χ2n) is 7.73. The van der Waals surface area contributed by atoms with Gasteiger partial charge in [-0.15, -0.1) is 11.3 Å². The molecule has 0 unspecified atom stereocenters. The highest BCUT2D eigenvalue weighted by molar-refractivity contribution is 7.91. The third-order valence-electron chi connectivity index (χ3n) is 5.36. The Morgan fingerprint density at radius 1 is 1.10 bits per heavy atom. The Morgan fingerprint density at radius 2 is 1.93 bits per heavy atom. The minimum absolute atomic E-state index is 0.0246. The number of aryl methyl sites for hydroxylation is 2. The van der Waals surface area contributed by atoms with Crippen molar-refractivity contribution in [3.8, 4) is 0 Å². The Kier molecular flexibility index (Phi) is 5.66. The van der Waals surface area contributed by atoms with Crippen molar-refractivity contribution in [2.75, 3.05) is 11.3 Å². The van der Waals surface area contributed by atoms with Crippen LogP contribution in [-0.2, 0) is 28.7 Å². The van der Waals surface area contributed by atoms with E-state index in [9.17, 15) is 13.2 Å². The first-order valence-electron chi connectivity index (χ1n) is 9.82. The van der Waals surface area contributed by atoms with Crippen LogP contribution in [-0.4, -0.2) is 25.8 Å². The van der Waals surface area contributed by atoms with Crippen molar-refractivity contribution in [2.24, 2.45) is 0 Å². The van der Waals surface area contributed by atoms with Gasteiger partial charge in [0.15, 0.2) is 0 Å². The number of nitrogens with zero attached hydrogens (tertiary/aromatic N) is 1.